The minimum atomic E-state index is -0.891. The number of amides is 4. The van der Waals surface area contributed by atoms with Crippen LogP contribution in [0.1, 0.15) is 54.1 Å². The molecular weight excluding hydrogens is 438 g/mol. The van der Waals surface area contributed by atoms with Gasteiger partial charge in [0.15, 0.2) is 0 Å². The molecule has 182 valence electrons. The summed E-state index contributed by atoms with van der Waals surface area (Å²) in [5.74, 6) is -1.69. The minimum absolute atomic E-state index is 0.129. The Hall–Kier alpha value is -3.76. The topological polar surface area (TPSA) is 152 Å². The quantitative estimate of drug-likeness (QED) is 0.503. The SMILES string of the molecule is CC(C)CC(NC(=O)C1CC(NC(=O)c2cnccn2)CCN1C(=O)c1cccn1C)C(N)=O. The van der Waals surface area contributed by atoms with Crippen molar-refractivity contribution in [3.63, 3.8) is 0 Å². The number of hydrogen-bond acceptors (Lipinski definition) is 6. The maximum absolute atomic E-state index is 13.3. The molecule has 0 radical (unpaired) electrons. The zero-order chi connectivity index (χ0) is 24.8. The van der Waals surface area contributed by atoms with Crippen LogP contribution in [0.4, 0.5) is 0 Å². The summed E-state index contributed by atoms with van der Waals surface area (Å²) in [5.41, 5.74) is 6.11. The Morgan fingerprint density at radius 1 is 1.24 bits per heavy atom. The van der Waals surface area contributed by atoms with Gasteiger partial charge in [-0.2, -0.15) is 0 Å². The molecule has 1 saturated heterocycles. The molecule has 1 aliphatic heterocycles. The largest absolute Gasteiger partial charge is 0.368 e. The number of aromatic nitrogens is 3. The van der Waals surface area contributed by atoms with Gasteiger partial charge in [-0.1, -0.05) is 13.8 Å². The van der Waals surface area contributed by atoms with Crippen molar-refractivity contribution in [3.8, 4) is 0 Å². The number of primary amides is 1. The molecule has 0 spiro atoms. The molecule has 0 aromatic carbocycles. The van der Waals surface area contributed by atoms with E-state index in [4.69, 9.17) is 5.73 Å². The lowest BCUT2D eigenvalue weighted by Gasteiger charge is -2.39. The van der Waals surface area contributed by atoms with Crippen molar-refractivity contribution in [1.82, 2.24) is 30.1 Å². The van der Waals surface area contributed by atoms with Gasteiger partial charge in [0.05, 0.1) is 6.20 Å². The smallest absolute Gasteiger partial charge is 0.271 e. The summed E-state index contributed by atoms with van der Waals surface area (Å²) in [7, 11) is 1.75. The summed E-state index contributed by atoms with van der Waals surface area (Å²) in [6, 6.07) is 1.32. The molecule has 2 aromatic heterocycles. The molecule has 1 aliphatic rings. The van der Waals surface area contributed by atoms with Crippen LogP contribution in [0.3, 0.4) is 0 Å². The van der Waals surface area contributed by atoms with Crippen molar-refractivity contribution in [2.45, 2.75) is 51.2 Å². The second-order valence-electron chi connectivity index (χ2n) is 8.90. The molecule has 11 heteroatoms. The highest BCUT2D eigenvalue weighted by Crippen LogP contribution is 2.22. The molecule has 3 atom stereocenters. The first-order chi connectivity index (χ1) is 16.2. The number of rotatable bonds is 8. The zero-order valence-corrected chi connectivity index (χ0v) is 19.6. The van der Waals surface area contributed by atoms with Crippen molar-refractivity contribution < 1.29 is 19.2 Å². The number of carbonyl (C=O) groups is 4. The highest BCUT2D eigenvalue weighted by Gasteiger charge is 2.39. The molecule has 4 amide bonds. The van der Waals surface area contributed by atoms with Crippen molar-refractivity contribution in [3.05, 3.63) is 48.3 Å². The third-order valence-corrected chi connectivity index (χ3v) is 5.83. The van der Waals surface area contributed by atoms with Crippen molar-refractivity contribution in [1.29, 1.82) is 0 Å². The Morgan fingerprint density at radius 2 is 2.00 bits per heavy atom. The van der Waals surface area contributed by atoms with Crippen LogP contribution in [0.15, 0.2) is 36.9 Å². The minimum Gasteiger partial charge on any atom is -0.368 e. The van der Waals surface area contributed by atoms with Crippen LogP contribution in [-0.2, 0) is 16.6 Å². The van der Waals surface area contributed by atoms with E-state index in [-0.39, 0.29) is 36.5 Å². The van der Waals surface area contributed by atoms with Gasteiger partial charge in [0.2, 0.25) is 11.8 Å². The van der Waals surface area contributed by atoms with E-state index in [2.05, 4.69) is 20.6 Å². The van der Waals surface area contributed by atoms with Gasteiger partial charge in [0, 0.05) is 38.2 Å². The molecule has 11 nitrogen and oxygen atoms in total. The summed E-state index contributed by atoms with van der Waals surface area (Å²) in [4.78, 5) is 60.5. The summed E-state index contributed by atoms with van der Waals surface area (Å²) in [6.07, 6.45) is 7.02. The first-order valence-electron chi connectivity index (χ1n) is 11.3. The first kappa shape index (κ1) is 24.9. The molecular formula is C23H31N7O4. The maximum Gasteiger partial charge on any atom is 0.271 e. The first-order valence-corrected chi connectivity index (χ1v) is 11.3. The summed E-state index contributed by atoms with van der Waals surface area (Å²) in [5, 5.41) is 5.60. The average Bonchev–Trinajstić information content (AvgIpc) is 3.24. The monoisotopic (exact) mass is 469 g/mol. The lowest BCUT2D eigenvalue weighted by molar-refractivity contribution is -0.131. The highest BCUT2D eigenvalue weighted by atomic mass is 16.2. The second kappa shape index (κ2) is 10.9. The van der Waals surface area contributed by atoms with E-state index in [9.17, 15) is 19.2 Å². The van der Waals surface area contributed by atoms with Crippen LogP contribution < -0.4 is 16.4 Å². The van der Waals surface area contributed by atoms with Crippen molar-refractivity contribution in [2.75, 3.05) is 6.54 Å². The summed E-state index contributed by atoms with van der Waals surface area (Å²) < 4.78 is 1.68. The molecule has 4 N–H and O–H groups in total. The second-order valence-corrected chi connectivity index (χ2v) is 8.90. The highest BCUT2D eigenvalue weighted by molar-refractivity contribution is 5.98. The third-order valence-electron chi connectivity index (χ3n) is 5.83. The number of nitrogens with zero attached hydrogens (tertiary/aromatic N) is 4. The van der Waals surface area contributed by atoms with Crippen molar-refractivity contribution >= 4 is 23.6 Å². The standard InChI is InChI=1S/C23H31N7O4/c1-14(2)11-16(20(24)31)28-22(33)19-12-15(27-21(32)17-13-25-7-8-26-17)6-10-30(19)23(34)18-5-4-9-29(18)3/h4-5,7-9,13-16,19H,6,10-12H2,1-3H3,(H2,24,31)(H,27,32)(H,28,33). The predicted molar refractivity (Wildman–Crippen MR) is 123 cm³/mol. The molecule has 0 aliphatic carbocycles. The van der Waals surface area contributed by atoms with Crippen LogP contribution in [0.2, 0.25) is 0 Å². The Kier molecular flexibility index (Phi) is 7.98. The Balaban J connectivity index is 1.80. The molecule has 3 heterocycles. The van der Waals surface area contributed by atoms with Crippen LogP contribution in [0.5, 0.6) is 0 Å². The Labute approximate surface area is 198 Å². The van der Waals surface area contributed by atoms with Gasteiger partial charge in [-0.05, 0) is 37.3 Å². The van der Waals surface area contributed by atoms with Gasteiger partial charge in [-0.25, -0.2) is 4.98 Å². The molecule has 2 aromatic rings. The number of hydrogen-bond donors (Lipinski definition) is 3. The number of nitrogens with two attached hydrogens (primary N) is 1. The molecule has 0 saturated carbocycles. The fourth-order valence-electron chi connectivity index (χ4n) is 4.08. The number of nitrogens with one attached hydrogen (secondary N) is 2. The van der Waals surface area contributed by atoms with Crippen molar-refractivity contribution in [2.24, 2.45) is 18.7 Å². The number of aryl methyl sites for hydroxylation is 1. The zero-order valence-electron chi connectivity index (χ0n) is 19.6. The van der Waals surface area contributed by atoms with Crippen LogP contribution in [0, 0.1) is 5.92 Å². The lowest BCUT2D eigenvalue weighted by Crippen LogP contribution is -2.59. The number of piperidine rings is 1. The number of carbonyl (C=O) groups excluding carboxylic acids is 4. The summed E-state index contributed by atoms with van der Waals surface area (Å²) >= 11 is 0. The van der Waals surface area contributed by atoms with Crippen LogP contribution >= 0.6 is 0 Å². The van der Waals surface area contributed by atoms with E-state index >= 15 is 0 Å². The van der Waals surface area contributed by atoms with Gasteiger partial charge < -0.3 is 25.8 Å². The van der Waals surface area contributed by atoms with Crippen LogP contribution in [0.25, 0.3) is 0 Å². The summed E-state index contributed by atoms with van der Waals surface area (Å²) in [6.45, 7) is 4.09. The molecule has 3 unspecified atom stereocenters. The average molecular weight is 470 g/mol. The van der Waals surface area contributed by atoms with E-state index in [0.29, 0.717) is 18.5 Å². The Morgan fingerprint density at radius 3 is 2.59 bits per heavy atom. The van der Waals surface area contributed by atoms with E-state index in [0.717, 1.165) is 0 Å². The fourth-order valence-corrected chi connectivity index (χ4v) is 4.08. The van der Waals surface area contributed by atoms with Gasteiger partial charge in [0.25, 0.3) is 11.8 Å². The van der Waals surface area contributed by atoms with E-state index < -0.39 is 29.8 Å². The van der Waals surface area contributed by atoms with E-state index in [1.54, 1.807) is 29.9 Å². The van der Waals surface area contributed by atoms with E-state index in [1.165, 1.54) is 23.5 Å². The number of likely N-dealkylation sites (tertiary alicyclic amines) is 1. The molecule has 0 bridgehead atoms. The van der Waals surface area contributed by atoms with Gasteiger partial charge in [0.1, 0.15) is 23.5 Å². The van der Waals surface area contributed by atoms with Gasteiger partial charge in [-0.3, -0.25) is 24.2 Å². The molecule has 34 heavy (non-hydrogen) atoms. The van der Waals surface area contributed by atoms with Gasteiger partial charge in [-0.15, -0.1) is 0 Å². The maximum atomic E-state index is 13.3. The molecule has 3 rings (SSSR count). The van der Waals surface area contributed by atoms with E-state index in [1.807, 2.05) is 13.8 Å². The third kappa shape index (κ3) is 5.97. The fraction of sp³-hybridized carbons (Fsp3) is 0.478. The Bertz CT molecular complexity index is 1040. The predicted octanol–water partition coefficient (Wildman–Crippen LogP) is 0.235. The van der Waals surface area contributed by atoms with Gasteiger partial charge >= 0.3 is 0 Å². The lowest BCUT2D eigenvalue weighted by atomic mass is 9.94. The normalized spacial score (nSPS) is 18.9. The van der Waals surface area contributed by atoms with Crippen LogP contribution in [-0.4, -0.2) is 67.7 Å². The molecule has 1 fully saturated rings.